The van der Waals surface area contributed by atoms with E-state index >= 15 is 0 Å². The summed E-state index contributed by atoms with van der Waals surface area (Å²) < 4.78 is 4.50. The van der Waals surface area contributed by atoms with Crippen LogP contribution in [0, 0.1) is 0 Å². The smallest absolute Gasteiger partial charge is 0.371 e. The first-order valence-electron chi connectivity index (χ1n) is 2.07. The van der Waals surface area contributed by atoms with Crippen LogP contribution < -0.4 is 0 Å². The molecule has 0 saturated carbocycles. The summed E-state index contributed by atoms with van der Waals surface area (Å²) in [5, 5.41) is 8.18. The van der Waals surface area contributed by atoms with E-state index in [1.165, 1.54) is 18.4 Å². The van der Waals surface area contributed by atoms with E-state index in [1.54, 1.807) is 0 Å². The normalized spacial score (nSPS) is 8.00. The summed E-state index contributed by atoms with van der Waals surface area (Å²) in [6, 6.07) is 2.92. The van der Waals surface area contributed by atoms with Gasteiger partial charge in [0.1, 0.15) is 0 Å². The molecule has 1 radical (unpaired) electrons. The van der Waals surface area contributed by atoms with Crippen LogP contribution in [0.15, 0.2) is 22.8 Å². The molecule has 0 aliphatic rings. The molecule has 1 heterocycles. The first-order valence-corrected chi connectivity index (χ1v) is 2.07. The Hall–Kier alpha value is -0.510. The largest absolute Gasteiger partial charge is 0.475 e. The molecular formula is C5H4AgO3. The van der Waals surface area contributed by atoms with Crippen LogP contribution in [-0.4, -0.2) is 11.1 Å². The summed E-state index contributed by atoms with van der Waals surface area (Å²) >= 11 is 0. The van der Waals surface area contributed by atoms with Gasteiger partial charge in [-0.1, -0.05) is 0 Å². The third-order valence-electron chi connectivity index (χ3n) is 0.732. The second kappa shape index (κ2) is 3.50. The minimum Gasteiger partial charge on any atom is -0.475 e. The van der Waals surface area contributed by atoms with Crippen molar-refractivity contribution in [2.45, 2.75) is 0 Å². The molecule has 0 amide bonds. The summed E-state index contributed by atoms with van der Waals surface area (Å²) in [5.41, 5.74) is 0. The van der Waals surface area contributed by atoms with Crippen LogP contribution in [0.2, 0.25) is 0 Å². The van der Waals surface area contributed by atoms with Gasteiger partial charge in [0.05, 0.1) is 6.26 Å². The molecule has 0 aromatic carbocycles. The van der Waals surface area contributed by atoms with E-state index in [2.05, 4.69) is 4.42 Å². The number of aromatic carboxylic acids is 1. The molecule has 1 rings (SSSR count). The monoisotopic (exact) mass is 219 g/mol. The summed E-state index contributed by atoms with van der Waals surface area (Å²) in [6.45, 7) is 0. The van der Waals surface area contributed by atoms with Gasteiger partial charge < -0.3 is 9.52 Å². The fourth-order valence-corrected chi connectivity index (χ4v) is 0.400. The Labute approximate surface area is 67.2 Å². The van der Waals surface area contributed by atoms with Crippen LogP contribution in [0.25, 0.3) is 0 Å². The molecule has 53 valence electrons. The summed E-state index contributed by atoms with van der Waals surface area (Å²) in [4.78, 5) is 9.97. The molecule has 0 spiro atoms. The van der Waals surface area contributed by atoms with Crippen molar-refractivity contribution in [2.75, 3.05) is 0 Å². The Morgan fingerprint density at radius 2 is 2.33 bits per heavy atom. The average Bonchev–Trinajstić information content (AvgIpc) is 2.12. The van der Waals surface area contributed by atoms with E-state index in [0.29, 0.717) is 0 Å². The second-order valence-electron chi connectivity index (χ2n) is 1.28. The van der Waals surface area contributed by atoms with E-state index in [0.717, 1.165) is 0 Å². The molecular weight excluding hydrogens is 216 g/mol. The first kappa shape index (κ1) is 8.49. The van der Waals surface area contributed by atoms with Crippen molar-refractivity contribution in [3.63, 3.8) is 0 Å². The zero-order valence-corrected chi connectivity index (χ0v) is 5.78. The molecule has 0 atom stereocenters. The standard InChI is InChI=1S/C5H4O3.Ag/c6-5(7)4-2-1-3-8-4;/h1-3H,(H,6,7);. The summed E-state index contributed by atoms with van der Waals surface area (Å²) in [5.74, 6) is -1.06. The van der Waals surface area contributed by atoms with E-state index < -0.39 is 5.97 Å². The van der Waals surface area contributed by atoms with E-state index in [9.17, 15) is 4.79 Å². The SMILES string of the molecule is O=C(O)c1ccco1.[Ag]. The molecule has 0 aliphatic heterocycles. The molecule has 1 N–H and O–H groups in total. The van der Waals surface area contributed by atoms with Gasteiger partial charge >= 0.3 is 5.97 Å². The molecule has 0 saturated heterocycles. The molecule has 0 fully saturated rings. The third-order valence-corrected chi connectivity index (χ3v) is 0.732. The van der Waals surface area contributed by atoms with Crippen molar-refractivity contribution in [1.82, 2.24) is 0 Å². The predicted molar refractivity (Wildman–Crippen MR) is 25.7 cm³/mol. The van der Waals surface area contributed by atoms with Crippen LogP contribution in [0.5, 0.6) is 0 Å². The summed E-state index contributed by atoms with van der Waals surface area (Å²) in [7, 11) is 0. The predicted octanol–water partition coefficient (Wildman–Crippen LogP) is 0.975. The minimum absolute atomic E-state index is 0. The van der Waals surface area contributed by atoms with Gasteiger partial charge in [0.15, 0.2) is 0 Å². The van der Waals surface area contributed by atoms with Gasteiger partial charge in [-0.2, -0.15) is 0 Å². The third kappa shape index (κ3) is 2.05. The van der Waals surface area contributed by atoms with Crippen LogP contribution in [0.3, 0.4) is 0 Å². The van der Waals surface area contributed by atoms with Crippen molar-refractivity contribution >= 4 is 5.97 Å². The Kier molecular flexibility index (Phi) is 3.30. The fraction of sp³-hybridized carbons (Fsp3) is 0. The number of hydrogen-bond acceptors (Lipinski definition) is 2. The molecule has 0 bridgehead atoms. The average molecular weight is 220 g/mol. The topological polar surface area (TPSA) is 50.4 Å². The number of furan rings is 1. The molecule has 3 nitrogen and oxygen atoms in total. The van der Waals surface area contributed by atoms with Crippen LogP contribution in [0.1, 0.15) is 10.6 Å². The summed E-state index contributed by atoms with van der Waals surface area (Å²) in [6.07, 6.45) is 1.32. The Balaban J connectivity index is 0.000000640. The number of rotatable bonds is 1. The minimum atomic E-state index is -1.03. The van der Waals surface area contributed by atoms with Gasteiger partial charge in [-0.25, -0.2) is 4.79 Å². The quantitative estimate of drug-likeness (QED) is 0.717. The molecule has 9 heavy (non-hydrogen) atoms. The molecule has 0 aliphatic carbocycles. The number of carboxylic acids is 1. The van der Waals surface area contributed by atoms with Crippen LogP contribution in [-0.2, 0) is 22.4 Å². The molecule has 1 aromatic heterocycles. The molecule has 1 aromatic rings. The Bertz CT molecular complexity index is 180. The van der Waals surface area contributed by atoms with Gasteiger partial charge in [0, 0.05) is 22.4 Å². The zero-order chi connectivity index (χ0) is 5.98. The number of hydrogen-bond donors (Lipinski definition) is 1. The first-order chi connectivity index (χ1) is 3.80. The van der Waals surface area contributed by atoms with Gasteiger partial charge in [0.2, 0.25) is 5.76 Å². The van der Waals surface area contributed by atoms with Gasteiger partial charge in [-0.3, -0.25) is 0 Å². The van der Waals surface area contributed by atoms with Crippen molar-refractivity contribution in [2.24, 2.45) is 0 Å². The second-order valence-corrected chi connectivity index (χ2v) is 1.28. The van der Waals surface area contributed by atoms with E-state index in [-0.39, 0.29) is 28.1 Å². The van der Waals surface area contributed by atoms with Crippen molar-refractivity contribution in [3.05, 3.63) is 24.2 Å². The molecule has 4 heteroatoms. The van der Waals surface area contributed by atoms with E-state index in [4.69, 9.17) is 5.11 Å². The zero-order valence-electron chi connectivity index (χ0n) is 4.30. The van der Waals surface area contributed by atoms with Crippen LogP contribution >= 0.6 is 0 Å². The Morgan fingerprint density at radius 3 is 2.56 bits per heavy atom. The molecule has 0 unspecified atom stereocenters. The van der Waals surface area contributed by atoms with Crippen molar-refractivity contribution in [3.8, 4) is 0 Å². The van der Waals surface area contributed by atoms with Crippen LogP contribution in [0.4, 0.5) is 0 Å². The maximum atomic E-state index is 9.97. The number of carboxylic acid groups (broad SMARTS) is 1. The van der Waals surface area contributed by atoms with Gasteiger partial charge in [-0.05, 0) is 12.1 Å². The van der Waals surface area contributed by atoms with Gasteiger partial charge in [0.25, 0.3) is 0 Å². The van der Waals surface area contributed by atoms with Crippen molar-refractivity contribution in [1.29, 1.82) is 0 Å². The maximum Gasteiger partial charge on any atom is 0.371 e. The van der Waals surface area contributed by atoms with E-state index in [1.807, 2.05) is 0 Å². The Morgan fingerprint density at radius 1 is 1.67 bits per heavy atom. The fourth-order valence-electron chi connectivity index (χ4n) is 0.400. The maximum absolute atomic E-state index is 9.97. The number of carbonyl (C=O) groups is 1. The van der Waals surface area contributed by atoms with Crippen molar-refractivity contribution < 1.29 is 36.7 Å². The van der Waals surface area contributed by atoms with Gasteiger partial charge in [-0.15, -0.1) is 0 Å².